The first-order valence-electron chi connectivity index (χ1n) is 1.97. The van der Waals surface area contributed by atoms with Crippen molar-refractivity contribution in [3.8, 4) is 6.07 Å². The van der Waals surface area contributed by atoms with Crippen LogP contribution < -0.4 is 0 Å². The molecule has 0 rings (SSSR count). The molecule has 0 aliphatic heterocycles. The van der Waals surface area contributed by atoms with Crippen LogP contribution in [0.25, 0.3) is 0 Å². The molecule has 0 spiro atoms. The van der Waals surface area contributed by atoms with E-state index in [1.807, 2.05) is 13.8 Å². The molecular weight excluding hydrogens is 90.1 g/mol. The Hall–Kier alpha value is -0.293. The molecule has 0 unspecified atom stereocenters. The van der Waals surface area contributed by atoms with Crippen LogP contribution in [0.2, 0.25) is 5.04 Å². The van der Waals surface area contributed by atoms with Gasteiger partial charge in [0.05, 0.1) is 6.07 Å². The Balaban J connectivity index is 3.55. The van der Waals surface area contributed by atoms with Crippen molar-refractivity contribution in [2.45, 2.75) is 18.9 Å². The summed E-state index contributed by atoms with van der Waals surface area (Å²) in [7, 11) is 0.968. The molecule has 6 heavy (non-hydrogen) atoms. The Bertz CT molecular complexity index is 74.5. The fourth-order valence-electron chi connectivity index (χ4n) is 0. The van der Waals surface area contributed by atoms with Gasteiger partial charge in [-0.05, 0) is 0 Å². The molecule has 0 aromatic rings. The van der Waals surface area contributed by atoms with Crippen LogP contribution in [-0.2, 0) is 0 Å². The zero-order chi connectivity index (χ0) is 5.21. The summed E-state index contributed by atoms with van der Waals surface area (Å²) < 4.78 is 0. The Morgan fingerprint density at radius 2 is 1.83 bits per heavy atom. The second-order valence-electron chi connectivity index (χ2n) is 2.36. The van der Waals surface area contributed by atoms with Gasteiger partial charge in [-0.3, -0.25) is 0 Å². The van der Waals surface area contributed by atoms with E-state index >= 15 is 0 Å². The third-order valence-electron chi connectivity index (χ3n) is 0.335. The lowest BCUT2D eigenvalue weighted by Gasteiger charge is -2.01. The zero-order valence-corrected chi connectivity index (χ0v) is 6.45. The first kappa shape index (κ1) is 5.71. The summed E-state index contributed by atoms with van der Waals surface area (Å²) in [5.74, 6) is 0. The molecule has 0 radical (unpaired) electrons. The molecule has 0 aromatic carbocycles. The summed E-state index contributed by atoms with van der Waals surface area (Å²) in [6.07, 6.45) is 0. The van der Waals surface area contributed by atoms with Gasteiger partial charge >= 0.3 is 0 Å². The summed E-state index contributed by atoms with van der Waals surface area (Å²) in [6.45, 7) is 3.89. The molecule has 0 heterocycles. The monoisotopic (exact) mass is 99.1 g/mol. The van der Waals surface area contributed by atoms with Crippen molar-refractivity contribution in [3.05, 3.63) is 0 Å². The van der Waals surface area contributed by atoms with E-state index in [2.05, 4.69) is 6.07 Å². The highest BCUT2D eigenvalue weighted by Gasteiger charge is 2.04. The fourth-order valence-corrected chi connectivity index (χ4v) is 0. The molecule has 2 heteroatoms. The normalized spacial score (nSPS) is 10.8. The number of hydrogen-bond donors (Lipinski definition) is 0. The average molecular weight is 99.2 g/mol. The van der Waals surface area contributed by atoms with Crippen molar-refractivity contribution in [1.29, 1.82) is 5.26 Å². The van der Waals surface area contributed by atoms with E-state index in [0.29, 0.717) is 0 Å². The van der Waals surface area contributed by atoms with E-state index < -0.39 is 0 Å². The van der Waals surface area contributed by atoms with E-state index in [1.165, 1.54) is 0 Å². The first-order chi connectivity index (χ1) is 2.56. The Kier molecular flexibility index (Phi) is 1.37. The molecule has 0 amide bonds. The van der Waals surface area contributed by atoms with Crippen LogP contribution in [0.15, 0.2) is 0 Å². The molecule has 0 N–H and O–H groups in total. The molecule has 0 aliphatic carbocycles. The lowest BCUT2D eigenvalue weighted by molar-refractivity contribution is 0.878. The maximum Gasteiger partial charge on any atom is 0.0640 e. The van der Waals surface area contributed by atoms with Gasteiger partial charge in [0.25, 0.3) is 0 Å². The van der Waals surface area contributed by atoms with Crippen molar-refractivity contribution >= 4 is 10.2 Å². The van der Waals surface area contributed by atoms with E-state index in [0.717, 1.165) is 10.2 Å². The highest BCUT2D eigenvalue weighted by atomic mass is 28.1. The van der Waals surface area contributed by atoms with Crippen molar-refractivity contribution in [2.75, 3.05) is 0 Å². The highest BCUT2D eigenvalue weighted by molar-refractivity contribution is 6.16. The molecular formula is C4H9NSi. The average Bonchev–Trinajstić information content (AvgIpc) is 1.35. The van der Waals surface area contributed by atoms with Crippen LogP contribution >= 0.6 is 0 Å². The molecule has 1 nitrogen and oxygen atoms in total. The van der Waals surface area contributed by atoms with Gasteiger partial charge in [0.15, 0.2) is 0 Å². The first-order valence-corrected chi connectivity index (χ1v) is 2.97. The fraction of sp³-hybridized carbons (Fsp3) is 0.750. The van der Waals surface area contributed by atoms with Crippen LogP contribution in [0.4, 0.5) is 0 Å². The molecule has 0 bridgehead atoms. The topological polar surface area (TPSA) is 23.8 Å². The maximum atomic E-state index is 8.19. The number of rotatable bonds is 0. The third-order valence-corrected chi connectivity index (χ3v) is 0.559. The van der Waals surface area contributed by atoms with Gasteiger partial charge in [0.1, 0.15) is 0 Å². The lowest BCUT2D eigenvalue weighted by Crippen LogP contribution is -1.94. The van der Waals surface area contributed by atoms with Crippen LogP contribution in [0, 0.1) is 11.3 Å². The molecule has 0 saturated carbocycles. The largest absolute Gasteiger partial charge is 0.198 e. The second-order valence-corrected chi connectivity index (χ2v) is 4.86. The van der Waals surface area contributed by atoms with E-state index in [-0.39, 0.29) is 5.04 Å². The van der Waals surface area contributed by atoms with E-state index in [9.17, 15) is 0 Å². The Morgan fingerprint density at radius 1 is 1.67 bits per heavy atom. The molecule has 0 aliphatic rings. The van der Waals surface area contributed by atoms with Gasteiger partial charge in [-0.15, -0.1) is 0 Å². The molecule has 0 atom stereocenters. The van der Waals surface area contributed by atoms with Gasteiger partial charge in [-0.2, -0.15) is 5.26 Å². The van der Waals surface area contributed by atoms with Gasteiger partial charge < -0.3 is 0 Å². The van der Waals surface area contributed by atoms with Crippen molar-refractivity contribution in [1.82, 2.24) is 0 Å². The predicted octanol–water partition coefficient (Wildman–Crippen LogP) is 0.0739. The highest BCUT2D eigenvalue weighted by Crippen LogP contribution is 2.13. The maximum absolute atomic E-state index is 8.19. The van der Waals surface area contributed by atoms with Crippen LogP contribution in [0.5, 0.6) is 0 Å². The van der Waals surface area contributed by atoms with Crippen LogP contribution in [0.3, 0.4) is 0 Å². The molecule has 34 valence electrons. The number of nitriles is 1. The minimum absolute atomic E-state index is 0.0139. The molecule has 0 aromatic heterocycles. The van der Waals surface area contributed by atoms with E-state index in [4.69, 9.17) is 5.26 Å². The molecule has 0 saturated heterocycles. The number of nitrogens with zero attached hydrogens (tertiary/aromatic N) is 1. The summed E-state index contributed by atoms with van der Waals surface area (Å²) in [5.41, 5.74) is 0. The Labute approximate surface area is 41.4 Å². The van der Waals surface area contributed by atoms with Gasteiger partial charge in [-0.1, -0.05) is 13.8 Å². The summed E-state index contributed by atoms with van der Waals surface area (Å²) in [6, 6.07) is 2.17. The van der Waals surface area contributed by atoms with Gasteiger partial charge in [0.2, 0.25) is 0 Å². The minimum Gasteiger partial charge on any atom is -0.198 e. The van der Waals surface area contributed by atoms with Crippen molar-refractivity contribution in [2.24, 2.45) is 0 Å². The second kappa shape index (κ2) is 1.44. The van der Waals surface area contributed by atoms with E-state index in [1.54, 1.807) is 0 Å². The SMILES string of the molecule is CC(C)([SiH3])C#N. The smallest absolute Gasteiger partial charge is 0.0640 e. The summed E-state index contributed by atoms with van der Waals surface area (Å²) in [4.78, 5) is 0. The van der Waals surface area contributed by atoms with Gasteiger partial charge in [0, 0.05) is 15.3 Å². The number of hydrogen-bond acceptors (Lipinski definition) is 1. The summed E-state index contributed by atoms with van der Waals surface area (Å²) in [5, 5.41) is 8.17. The minimum atomic E-state index is -0.0139. The summed E-state index contributed by atoms with van der Waals surface area (Å²) >= 11 is 0. The predicted molar refractivity (Wildman–Crippen MR) is 29.6 cm³/mol. The zero-order valence-electron chi connectivity index (χ0n) is 4.45. The standard InChI is InChI=1S/C4H9NSi/c1-4(2,6)3-5/h1-2,6H3. The quantitative estimate of drug-likeness (QED) is 0.394. The van der Waals surface area contributed by atoms with Crippen LogP contribution in [-0.4, -0.2) is 10.2 Å². The lowest BCUT2D eigenvalue weighted by atomic mass is 10.2. The van der Waals surface area contributed by atoms with Crippen molar-refractivity contribution in [3.63, 3.8) is 0 Å². The Morgan fingerprint density at radius 3 is 1.83 bits per heavy atom. The third kappa shape index (κ3) is 3.71. The van der Waals surface area contributed by atoms with Gasteiger partial charge in [-0.25, -0.2) is 0 Å². The van der Waals surface area contributed by atoms with Crippen molar-refractivity contribution < 1.29 is 0 Å². The molecule has 0 fully saturated rings. The van der Waals surface area contributed by atoms with Crippen LogP contribution in [0.1, 0.15) is 13.8 Å².